The molecule has 1 unspecified atom stereocenters. The van der Waals surface area contributed by atoms with Crippen LogP contribution in [0.15, 0.2) is 29.1 Å². The van der Waals surface area contributed by atoms with Crippen molar-refractivity contribution in [2.45, 2.75) is 65.0 Å². The van der Waals surface area contributed by atoms with Gasteiger partial charge in [-0.3, -0.25) is 9.59 Å². The van der Waals surface area contributed by atoms with Crippen molar-refractivity contribution in [1.82, 2.24) is 4.57 Å². The molecule has 0 aliphatic carbocycles. The van der Waals surface area contributed by atoms with Gasteiger partial charge >= 0.3 is 5.97 Å². The van der Waals surface area contributed by atoms with Crippen molar-refractivity contribution >= 4 is 11.8 Å². The molecule has 0 aromatic carbocycles. The summed E-state index contributed by atoms with van der Waals surface area (Å²) in [5.41, 5.74) is 3.16. The number of furan rings is 1. The van der Waals surface area contributed by atoms with Gasteiger partial charge in [0.05, 0.1) is 29.5 Å². The average Bonchev–Trinajstić information content (AvgIpc) is 3.21. The van der Waals surface area contributed by atoms with E-state index in [1.807, 2.05) is 24.5 Å². The Bertz CT molecular complexity index is 755. The van der Waals surface area contributed by atoms with Crippen LogP contribution in [-0.4, -0.2) is 22.4 Å². The van der Waals surface area contributed by atoms with Crippen molar-refractivity contribution in [1.29, 1.82) is 0 Å². The van der Waals surface area contributed by atoms with E-state index in [0.29, 0.717) is 11.3 Å². The van der Waals surface area contributed by atoms with Gasteiger partial charge in [0.15, 0.2) is 0 Å². The lowest BCUT2D eigenvalue weighted by Gasteiger charge is -2.25. The molecule has 3 rings (SSSR count). The van der Waals surface area contributed by atoms with Gasteiger partial charge in [-0.1, -0.05) is 13.3 Å². The van der Waals surface area contributed by atoms with E-state index in [9.17, 15) is 9.59 Å². The van der Waals surface area contributed by atoms with Crippen molar-refractivity contribution in [2.75, 3.05) is 0 Å². The Morgan fingerprint density at radius 2 is 2.20 bits per heavy atom. The molecular formula is C20H25NO4. The van der Waals surface area contributed by atoms with Crippen LogP contribution in [-0.2, 0) is 22.5 Å². The number of esters is 1. The average molecular weight is 343 g/mol. The molecule has 1 aliphatic rings. The maximum Gasteiger partial charge on any atom is 0.315 e. The highest BCUT2D eigenvalue weighted by Gasteiger charge is 2.33. The minimum absolute atomic E-state index is 0.0404. The molecule has 0 N–H and O–H groups in total. The van der Waals surface area contributed by atoms with Crippen LogP contribution < -0.4 is 0 Å². The smallest absolute Gasteiger partial charge is 0.315 e. The van der Waals surface area contributed by atoms with Gasteiger partial charge in [-0.2, -0.15) is 0 Å². The molecule has 2 aromatic heterocycles. The minimum Gasteiger partial charge on any atom is -0.472 e. The number of hydrogen-bond donors (Lipinski definition) is 0. The molecule has 0 saturated heterocycles. The predicted octanol–water partition coefficient (Wildman–Crippen LogP) is 4.09. The monoisotopic (exact) mass is 343 g/mol. The Morgan fingerprint density at radius 1 is 1.40 bits per heavy atom. The number of aromatic nitrogens is 1. The first-order valence-corrected chi connectivity index (χ1v) is 9.02. The SMILES string of the molecule is CCCc1cc2n(c1C(=O)c1ccoc1)CCCC2C(=O)OC(C)C. The minimum atomic E-state index is -0.294. The maximum atomic E-state index is 13.0. The summed E-state index contributed by atoms with van der Waals surface area (Å²) >= 11 is 0. The summed E-state index contributed by atoms with van der Waals surface area (Å²) < 4.78 is 12.5. The lowest BCUT2D eigenvalue weighted by atomic mass is 9.96. The second-order valence-corrected chi connectivity index (χ2v) is 6.87. The molecule has 25 heavy (non-hydrogen) atoms. The van der Waals surface area contributed by atoms with Gasteiger partial charge in [0.2, 0.25) is 5.78 Å². The van der Waals surface area contributed by atoms with Crippen LogP contribution in [0.4, 0.5) is 0 Å². The number of ketones is 1. The molecule has 0 amide bonds. The molecule has 3 heterocycles. The zero-order valence-electron chi connectivity index (χ0n) is 15.1. The first-order valence-electron chi connectivity index (χ1n) is 9.02. The third-order valence-corrected chi connectivity index (χ3v) is 4.59. The largest absolute Gasteiger partial charge is 0.472 e. The lowest BCUT2D eigenvalue weighted by molar-refractivity contribution is -0.149. The van der Waals surface area contributed by atoms with Crippen LogP contribution in [0, 0.1) is 0 Å². The van der Waals surface area contributed by atoms with Gasteiger partial charge in [-0.15, -0.1) is 0 Å². The summed E-state index contributed by atoms with van der Waals surface area (Å²) in [6, 6.07) is 3.72. The Morgan fingerprint density at radius 3 is 2.84 bits per heavy atom. The van der Waals surface area contributed by atoms with Crippen LogP contribution in [0.5, 0.6) is 0 Å². The summed E-state index contributed by atoms with van der Waals surface area (Å²) in [5, 5.41) is 0. The highest BCUT2D eigenvalue weighted by atomic mass is 16.5. The summed E-state index contributed by atoms with van der Waals surface area (Å²) in [4.78, 5) is 25.5. The molecular weight excluding hydrogens is 318 g/mol. The molecule has 134 valence electrons. The van der Waals surface area contributed by atoms with E-state index in [1.165, 1.54) is 12.5 Å². The Hall–Kier alpha value is -2.30. The Kier molecular flexibility index (Phi) is 5.11. The van der Waals surface area contributed by atoms with Gasteiger partial charge in [-0.25, -0.2) is 0 Å². The fourth-order valence-electron chi connectivity index (χ4n) is 3.57. The molecule has 0 radical (unpaired) electrons. The number of fused-ring (bicyclic) bond motifs is 1. The lowest BCUT2D eigenvalue weighted by Crippen LogP contribution is -2.27. The van der Waals surface area contributed by atoms with Gasteiger partial charge in [0.1, 0.15) is 6.26 Å². The highest BCUT2D eigenvalue weighted by molar-refractivity contribution is 6.09. The first-order chi connectivity index (χ1) is 12.0. The van der Waals surface area contributed by atoms with E-state index >= 15 is 0 Å². The van der Waals surface area contributed by atoms with E-state index in [2.05, 4.69) is 6.92 Å². The molecule has 0 bridgehead atoms. The van der Waals surface area contributed by atoms with Gasteiger partial charge < -0.3 is 13.7 Å². The van der Waals surface area contributed by atoms with E-state index in [0.717, 1.165) is 43.5 Å². The standard InChI is InChI=1S/C20H25NO4/c1-4-6-14-11-17-16(20(23)25-13(2)3)7-5-9-21(17)18(14)19(22)15-8-10-24-12-15/h8,10-13,16H,4-7,9H2,1-3H3. The van der Waals surface area contributed by atoms with Crippen LogP contribution in [0.3, 0.4) is 0 Å². The molecule has 0 fully saturated rings. The van der Waals surface area contributed by atoms with Gasteiger partial charge in [-0.05, 0) is 50.8 Å². The van der Waals surface area contributed by atoms with Crippen molar-refractivity contribution in [3.8, 4) is 0 Å². The molecule has 0 spiro atoms. The van der Waals surface area contributed by atoms with Crippen molar-refractivity contribution < 1.29 is 18.7 Å². The molecule has 2 aromatic rings. The van der Waals surface area contributed by atoms with E-state index < -0.39 is 0 Å². The Balaban J connectivity index is 2.03. The number of hydrogen-bond acceptors (Lipinski definition) is 4. The normalized spacial score (nSPS) is 16.7. The summed E-state index contributed by atoms with van der Waals surface area (Å²) in [7, 11) is 0. The first kappa shape index (κ1) is 17.5. The topological polar surface area (TPSA) is 61.4 Å². The van der Waals surface area contributed by atoms with Gasteiger partial charge in [0.25, 0.3) is 0 Å². The molecule has 5 heteroatoms. The fourth-order valence-corrected chi connectivity index (χ4v) is 3.57. The van der Waals surface area contributed by atoms with Crippen molar-refractivity contribution in [3.05, 3.63) is 47.2 Å². The summed E-state index contributed by atoms with van der Waals surface area (Å²) in [6.07, 6.45) is 6.22. The second kappa shape index (κ2) is 7.30. The van der Waals surface area contributed by atoms with Crippen molar-refractivity contribution in [2.24, 2.45) is 0 Å². The number of carbonyl (C=O) groups is 2. The predicted molar refractivity (Wildman–Crippen MR) is 93.8 cm³/mol. The highest BCUT2D eigenvalue weighted by Crippen LogP contribution is 2.34. The zero-order chi connectivity index (χ0) is 18.0. The van der Waals surface area contributed by atoms with Crippen LogP contribution in [0.25, 0.3) is 0 Å². The van der Waals surface area contributed by atoms with Crippen LogP contribution >= 0.6 is 0 Å². The summed E-state index contributed by atoms with van der Waals surface area (Å²) in [5.74, 6) is -0.530. The third-order valence-electron chi connectivity index (χ3n) is 4.59. The van der Waals surface area contributed by atoms with Gasteiger partial charge in [0, 0.05) is 12.2 Å². The number of rotatable bonds is 6. The number of aryl methyl sites for hydroxylation is 1. The number of nitrogens with zero attached hydrogens (tertiary/aromatic N) is 1. The van der Waals surface area contributed by atoms with Crippen LogP contribution in [0.1, 0.15) is 73.3 Å². The molecule has 5 nitrogen and oxygen atoms in total. The summed E-state index contributed by atoms with van der Waals surface area (Å²) in [6.45, 7) is 6.56. The Labute approximate surface area is 148 Å². The quantitative estimate of drug-likeness (QED) is 0.585. The third kappa shape index (κ3) is 3.41. The van der Waals surface area contributed by atoms with E-state index in [4.69, 9.17) is 9.15 Å². The van der Waals surface area contributed by atoms with E-state index in [-0.39, 0.29) is 23.8 Å². The molecule has 1 atom stereocenters. The number of carbonyl (C=O) groups excluding carboxylic acids is 2. The number of ether oxygens (including phenoxy) is 1. The van der Waals surface area contributed by atoms with E-state index in [1.54, 1.807) is 6.07 Å². The molecule has 1 aliphatic heterocycles. The van der Waals surface area contributed by atoms with Crippen molar-refractivity contribution in [3.63, 3.8) is 0 Å². The maximum absolute atomic E-state index is 13.0. The fraction of sp³-hybridized carbons (Fsp3) is 0.500. The second-order valence-electron chi connectivity index (χ2n) is 6.87. The zero-order valence-corrected chi connectivity index (χ0v) is 15.1. The van der Waals surface area contributed by atoms with Crippen LogP contribution in [0.2, 0.25) is 0 Å². The molecule has 0 saturated carbocycles.